The van der Waals surface area contributed by atoms with Gasteiger partial charge in [0.1, 0.15) is 0 Å². The Kier molecular flexibility index (Phi) is 4.25. The molecule has 0 aliphatic heterocycles. The highest BCUT2D eigenvalue weighted by Gasteiger charge is 2.32. The van der Waals surface area contributed by atoms with Crippen molar-refractivity contribution in [1.29, 1.82) is 0 Å². The third kappa shape index (κ3) is 2.78. The van der Waals surface area contributed by atoms with Crippen LogP contribution in [0.3, 0.4) is 0 Å². The van der Waals surface area contributed by atoms with Gasteiger partial charge in [-0.2, -0.15) is 0 Å². The van der Waals surface area contributed by atoms with Crippen LogP contribution in [0.4, 0.5) is 0 Å². The van der Waals surface area contributed by atoms with Gasteiger partial charge in [0.25, 0.3) is 10.7 Å². The minimum atomic E-state index is 0.459. The number of hydrogen-bond donors (Lipinski definition) is 0. The van der Waals surface area contributed by atoms with E-state index in [0.29, 0.717) is 11.6 Å². The van der Waals surface area contributed by atoms with Crippen molar-refractivity contribution in [3.63, 3.8) is 0 Å². The number of pyridine rings is 1. The van der Waals surface area contributed by atoms with Crippen LogP contribution in [0.15, 0.2) is 65.2 Å². The minimum Gasteiger partial charge on any atom is -0.431 e. The highest BCUT2D eigenvalue weighted by molar-refractivity contribution is 7.14. The van der Waals surface area contributed by atoms with Gasteiger partial charge in [0.2, 0.25) is 11.3 Å². The molecule has 0 saturated carbocycles. The monoisotopic (exact) mass is 399 g/mol. The zero-order chi connectivity index (χ0) is 20.1. The van der Waals surface area contributed by atoms with Crippen LogP contribution in [0, 0.1) is 13.8 Å². The Balaban J connectivity index is 1.91. The van der Waals surface area contributed by atoms with Crippen molar-refractivity contribution in [2.24, 2.45) is 0 Å². The van der Waals surface area contributed by atoms with Gasteiger partial charge in [-0.3, -0.25) is 0 Å². The lowest BCUT2D eigenvalue weighted by atomic mass is 10.1. The highest BCUT2D eigenvalue weighted by atomic mass is 32.1. The van der Waals surface area contributed by atoms with Crippen molar-refractivity contribution in [3.8, 4) is 16.3 Å². The molecule has 3 aromatic heterocycles. The Bertz CT molecular complexity index is 1350. The molecule has 3 nitrogen and oxygen atoms in total. The number of hydrogen-bond acceptors (Lipinski definition) is 3. The van der Waals surface area contributed by atoms with Crippen LogP contribution in [0.25, 0.3) is 38.3 Å². The first-order valence-corrected chi connectivity index (χ1v) is 10.8. The van der Waals surface area contributed by atoms with Crippen LogP contribution in [-0.2, 0) is 0 Å². The maximum atomic E-state index is 6.31. The van der Waals surface area contributed by atoms with Crippen molar-refractivity contribution in [2.75, 3.05) is 0 Å². The first-order chi connectivity index (χ1) is 14.1. The first-order valence-electron chi connectivity index (χ1n) is 9.94. The van der Waals surface area contributed by atoms with Crippen LogP contribution in [-0.4, -0.2) is 4.98 Å². The quantitative estimate of drug-likeness (QED) is 0.315. The Morgan fingerprint density at radius 1 is 0.931 bits per heavy atom. The van der Waals surface area contributed by atoms with Crippen LogP contribution in [0.2, 0.25) is 0 Å². The van der Waals surface area contributed by atoms with E-state index >= 15 is 0 Å². The molecule has 0 aliphatic carbocycles. The van der Waals surface area contributed by atoms with Crippen LogP contribution < -0.4 is 4.57 Å². The van der Waals surface area contributed by atoms with E-state index < -0.39 is 0 Å². The molecular weight excluding hydrogens is 376 g/mol. The van der Waals surface area contributed by atoms with E-state index in [-0.39, 0.29) is 0 Å². The smallest absolute Gasteiger partial charge is 0.275 e. The summed E-state index contributed by atoms with van der Waals surface area (Å²) in [5.74, 6) is 0.459. The van der Waals surface area contributed by atoms with Gasteiger partial charge >= 0.3 is 0 Å². The molecule has 3 heterocycles. The number of aromatic nitrogens is 2. The molecule has 0 fully saturated rings. The van der Waals surface area contributed by atoms with Gasteiger partial charge in [-0.1, -0.05) is 49.4 Å². The molecule has 0 saturated heterocycles. The maximum Gasteiger partial charge on any atom is 0.275 e. The fourth-order valence-corrected chi connectivity index (χ4v) is 5.35. The summed E-state index contributed by atoms with van der Waals surface area (Å²) in [5.41, 5.74) is 6.38. The lowest BCUT2D eigenvalue weighted by Crippen LogP contribution is -2.35. The molecule has 0 bridgehead atoms. The lowest BCUT2D eigenvalue weighted by molar-refractivity contribution is -0.585. The third-order valence-electron chi connectivity index (χ3n) is 5.46. The predicted molar refractivity (Wildman–Crippen MR) is 120 cm³/mol. The van der Waals surface area contributed by atoms with E-state index in [1.807, 2.05) is 17.4 Å². The Hall–Kier alpha value is -2.98. The molecule has 0 spiro atoms. The van der Waals surface area contributed by atoms with Crippen molar-refractivity contribution >= 4 is 33.4 Å². The average Bonchev–Trinajstić information content (AvgIpc) is 3.27. The zero-order valence-corrected chi connectivity index (χ0v) is 17.9. The van der Waals surface area contributed by atoms with E-state index in [1.54, 1.807) is 6.20 Å². The van der Waals surface area contributed by atoms with Crippen molar-refractivity contribution in [2.45, 2.75) is 33.6 Å². The van der Waals surface area contributed by atoms with Gasteiger partial charge in [0.15, 0.2) is 5.69 Å². The number of thiazole rings is 1. The second-order valence-electron chi connectivity index (χ2n) is 7.78. The molecule has 0 unspecified atom stereocenters. The van der Waals surface area contributed by atoms with Gasteiger partial charge in [-0.15, -0.1) is 4.57 Å². The van der Waals surface area contributed by atoms with Crippen molar-refractivity contribution < 1.29 is 8.98 Å². The number of nitrogens with zero attached hydrogens (tertiary/aromatic N) is 2. The van der Waals surface area contributed by atoms with Gasteiger partial charge in [-0.05, 0) is 43.2 Å². The summed E-state index contributed by atoms with van der Waals surface area (Å²) in [6.45, 7) is 8.90. The molecule has 0 radical (unpaired) electrons. The molecule has 0 N–H and O–H groups in total. The number of aryl methyl sites for hydroxylation is 1. The van der Waals surface area contributed by atoms with Crippen LogP contribution in [0.1, 0.15) is 35.9 Å². The molecule has 0 atom stereocenters. The summed E-state index contributed by atoms with van der Waals surface area (Å²) in [7, 11) is 0. The third-order valence-corrected chi connectivity index (χ3v) is 7.06. The summed E-state index contributed by atoms with van der Waals surface area (Å²) < 4.78 is 8.69. The molecule has 144 valence electrons. The van der Waals surface area contributed by atoms with Gasteiger partial charge in [-0.25, -0.2) is 4.98 Å². The van der Waals surface area contributed by atoms with E-state index in [0.717, 1.165) is 22.0 Å². The highest BCUT2D eigenvalue weighted by Crippen LogP contribution is 2.36. The molecule has 5 rings (SSSR count). The van der Waals surface area contributed by atoms with Crippen LogP contribution >= 0.6 is 11.3 Å². The largest absolute Gasteiger partial charge is 0.431 e. The second kappa shape index (κ2) is 6.82. The number of benzene rings is 2. The lowest BCUT2D eigenvalue weighted by Gasteiger charge is -2.05. The minimum absolute atomic E-state index is 0.459. The fraction of sp³-hybridized carbons (Fsp3) is 0.200. The normalized spacial score (nSPS) is 11.8. The number of fused-ring (bicyclic) bond motifs is 3. The SMILES string of the molecule is Cc1ccc2c(oc3ncccc32)c1-[n+]1c(-c2ccccc2)sc(C(C)C)c1C. The molecule has 29 heavy (non-hydrogen) atoms. The predicted octanol–water partition coefficient (Wildman–Crippen LogP) is 6.73. The van der Waals surface area contributed by atoms with Crippen LogP contribution in [0.5, 0.6) is 0 Å². The second-order valence-corrected chi connectivity index (χ2v) is 8.81. The molecule has 0 aliphatic rings. The van der Waals surface area contributed by atoms with E-state index in [4.69, 9.17) is 4.42 Å². The van der Waals surface area contributed by atoms with Crippen molar-refractivity contribution in [3.05, 3.63) is 76.9 Å². The molecule has 5 aromatic rings. The Morgan fingerprint density at radius 2 is 1.72 bits per heavy atom. The zero-order valence-electron chi connectivity index (χ0n) is 17.1. The summed E-state index contributed by atoms with van der Waals surface area (Å²) >= 11 is 1.87. The summed E-state index contributed by atoms with van der Waals surface area (Å²) in [5, 5.41) is 3.40. The van der Waals surface area contributed by atoms with E-state index in [1.165, 1.54) is 26.7 Å². The topological polar surface area (TPSA) is 29.9 Å². The molecule has 0 amide bonds. The first kappa shape index (κ1) is 18.1. The van der Waals surface area contributed by atoms with Gasteiger partial charge in [0, 0.05) is 29.5 Å². The fourth-order valence-electron chi connectivity index (χ4n) is 4.10. The van der Waals surface area contributed by atoms with Gasteiger partial charge in [0.05, 0.1) is 10.4 Å². The average molecular weight is 400 g/mol. The standard InChI is InChI=1S/C25H23N2OS/c1-15(2)23-17(4)27(25(29-23)18-9-6-5-7-10-18)21-16(3)12-13-19-20-11-8-14-26-24(20)28-22(19)21/h5-15H,1-4H3/q+1. The molecule has 4 heteroatoms. The maximum absolute atomic E-state index is 6.31. The molecular formula is C25H23N2OS+. The number of furan rings is 1. The Morgan fingerprint density at radius 3 is 2.48 bits per heavy atom. The summed E-state index contributed by atoms with van der Waals surface area (Å²) in [4.78, 5) is 5.84. The summed E-state index contributed by atoms with van der Waals surface area (Å²) in [6, 6.07) is 19.0. The van der Waals surface area contributed by atoms with Crippen molar-refractivity contribution in [1.82, 2.24) is 4.98 Å². The Labute approximate surface area is 174 Å². The van der Waals surface area contributed by atoms with E-state index in [9.17, 15) is 0 Å². The van der Waals surface area contributed by atoms with Gasteiger partial charge < -0.3 is 4.42 Å². The molecule has 2 aromatic carbocycles. The van der Waals surface area contributed by atoms with E-state index in [2.05, 4.69) is 85.8 Å². The summed E-state index contributed by atoms with van der Waals surface area (Å²) in [6.07, 6.45) is 1.78. The number of rotatable bonds is 3.